The van der Waals surface area contributed by atoms with E-state index in [-0.39, 0.29) is 10.8 Å². The highest BCUT2D eigenvalue weighted by molar-refractivity contribution is 9.10. The van der Waals surface area contributed by atoms with Crippen LogP contribution in [0.25, 0.3) is 0 Å². The van der Waals surface area contributed by atoms with E-state index in [4.69, 9.17) is 9.47 Å². The van der Waals surface area contributed by atoms with Gasteiger partial charge >= 0.3 is 0 Å². The van der Waals surface area contributed by atoms with E-state index in [0.29, 0.717) is 27.7 Å². The van der Waals surface area contributed by atoms with Gasteiger partial charge in [-0.15, -0.1) is 0 Å². The molecule has 0 fully saturated rings. The highest BCUT2D eigenvalue weighted by atomic mass is 79.9. The molecule has 0 N–H and O–H groups in total. The van der Waals surface area contributed by atoms with Gasteiger partial charge in [0.1, 0.15) is 22.3 Å². The fourth-order valence-corrected chi connectivity index (χ4v) is 3.12. The molecule has 0 radical (unpaired) electrons. The van der Waals surface area contributed by atoms with Gasteiger partial charge in [0.15, 0.2) is 0 Å². The summed E-state index contributed by atoms with van der Waals surface area (Å²) >= 11 is 3.51. The van der Waals surface area contributed by atoms with Gasteiger partial charge in [-0.25, -0.2) is 9.97 Å². The largest absolute Gasteiger partial charge is 0.438 e. The molecule has 0 atom stereocenters. The van der Waals surface area contributed by atoms with Crippen LogP contribution in [0.3, 0.4) is 0 Å². The Morgan fingerprint density at radius 1 is 0.621 bits per heavy atom. The Bertz CT molecular complexity index is 892. The van der Waals surface area contributed by atoms with Gasteiger partial charge in [0.25, 0.3) is 0 Å². The number of nitrogens with zero attached hydrogens (tertiary/aromatic N) is 2. The summed E-state index contributed by atoms with van der Waals surface area (Å²) in [6, 6.07) is 16.1. The van der Waals surface area contributed by atoms with Crippen LogP contribution in [0.5, 0.6) is 23.3 Å². The van der Waals surface area contributed by atoms with Crippen molar-refractivity contribution in [2.45, 2.75) is 52.4 Å². The number of ether oxygens (including phenoxy) is 2. The molecule has 29 heavy (non-hydrogen) atoms. The van der Waals surface area contributed by atoms with E-state index < -0.39 is 0 Å². The van der Waals surface area contributed by atoms with Crippen molar-refractivity contribution >= 4 is 15.9 Å². The molecule has 2 aromatic carbocycles. The Hall–Kier alpha value is -2.40. The van der Waals surface area contributed by atoms with E-state index in [1.165, 1.54) is 17.5 Å². The second-order valence-electron chi connectivity index (χ2n) is 9.05. The highest BCUT2D eigenvalue weighted by Gasteiger charge is 2.17. The molecule has 0 saturated carbocycles. The lowest BCUT2D eigenvalue weighted by Crippen LogP contribution is -2.10. The van der Waals surface area contributed by atoms with Crippen LogP contribution in [-0.2, 0) is 10.8 Å². The Balaban J connectivity index is 1.77. The smallest absolute Gasteiger partial charge is 0.240 e. The SMILES string of the molecule is CC(C)(C)c1ccc(Oc2ncnc(Oc3ccc(C(C)(C)C)cc3)c2Br)cc1. The molecule has 5 heteroatoms. The minimum absolute atomic E-state index is 0.0948. The Morgan fingerprint density at radius 3 is 1.28 bits per heavy atom. The van der Waals surface area contributed by atoms with Crippen LogP contribution in [-0.4, -0.2) is 9.97 Å². The summed E-state index contributed by atoms with van der Waals surface area (Å²) in [6.45, 7) is 13.1. The lowest BCUT2D eigenvalue weighted by molar-refractivity contribution is 0.427. The van der Waals surface area contributed by atoms with Crippen molar-refractivity contribution < 1.29 is 9.47 Å². The Labute approximate surface area is 181 Å². The molecule has 0 saturated heterocycles. The maximum atomic E-state index is 5.94. The molecule has 1 aromatic heterocycles. The van der Waals surface area contributed by atoms with Gasteiger partial charge in [-0.2, -0.15) is 0 Å². The fraction of sp³-hybridized carbons (Fsp3) is 0.333. The topological polar surface area (TPSA) is 44.2 Å². The molecular weight excluding hydrogens is 428 g/mol. The quantitative estimate of drug-likeness (QED) is 0.411. The Morgan fingerprint density at radius 2 is 0.966 bits per heavy atom. The number of rotatable bonds is 4. The summed E-state index contributed by atoms with van der Waals surface area (Å²) in [7, 11) is 0. The average molecular weight is 455 g/mol. The van der Waals surface area contributed by atoms with Gasteiger partial charge in [0.2, 0.25) is 11.8 Å². The summed E-state index contributed by atoms with van der Waals surface area (Å²) in [5.74, 6) is 2.23. The van der Waals surface area contributed by atoms with Gasteiger partial charge < -0.3 is 9.47 Å². The van der Waals surface area contributed by atoms with E-state index in [2.05, 4.69) is 91.7 Å². The van der Waals surface area contributed by atoms with E-state index in [9.17, 15) is 0 Å². The zero-order valence-electron chi connectivity index (χ0n) is 17.8. The number of benzene rings is 2. The first kappa shape index (κ1) is 21.3. The van der Waals surface area contributed by atoms with Gasteiger partial charge in [0.05, 0.1) is 0 Å². The second-order valence-corrected chi connectivity index (χ2v) is 9.84. The molecule has 0 aliphatic rings. The maximum absolute atomic E-state index is 5.94. The van der Waals surface area contributed by atoms with Crippen molar-refractivity contribution in [2.24, 2.45) is 0 Å². The predicted octanol–water partition coefficient (Wildman–Crippen LogP) is 7.42. The normalized spacial score (nSPS) is 12.0. The number of aromatic nitrogens is 2. The standard InChI is InChI=1S/C24H27BrN2O2/c1-23(2,3)16-7-11-18(12-8-16)28-21-20(25)22(27-15-26-21)29-19-13-9-17(10-14-19)24(4,5)6/h7-15H,1-6H3. The third-order valence-electron chi connectivity index (χ3n) is 4.60. The predicted molar refractivity (Wildman–Crippen MR) is 120 cm³/mol. The summed E-state index contributed by atoms with van der Waals surface area (Å²) in [6.07, 6.45) is 1.43. The van der Waals surface area contributed by atoms with Gasteiger partial charge in [-0.3, -0.25) is 0 Å². The molecule has 152 valence electrons. The Kier molecular flexibility index (Phi) is 5.99. The van der Waals surface area contributed by atoms with Crippen LogP contribution in [0.4, 0.5) is 0 Å². The van der Waals surface area contributed by atoms with E-state index in [0.717, 1.165) is 0 Å². The summed E-state index contributed by atoms with van der Waals surface area (Å²) in [5.41, 5.74) is 2.68. The minimum atomic E-state index is 0.0948. The molecule has 0 aliphatic heterocycles. The average Bonchev–Trinajstić information content (AvgIpc) is 2.64. The summed E-state index contributed by atoms with van der Waals surface area (Å²) in [5, 5.41) is 0. The number of hydrogen-bond donors (Lipinski definition) is 0. The molecule has 0 amide bonds. The van der Waals surface area contributed by atoms with Crippen molar-refractivity contribution in [3.8, 4) is 23.3 Å². The lowest BCUT2D eigenvalue weighted by atomic mass is 9.87. The molecule has 3 rings (SSSR count). The lowest BCUT2D eigenvalue weighted by Gasteiger charge is -2.19. The number of halogens is 1. The van der Waals surface area contributed by atoms with Gasteiger partial charge in [-0.05, 0) is 62.2 Å². The molecule has 3 aromatic rings. The van der Waals surface area contributed by atoms with Crippen molar-refractivity contribution in [3.05, 3.63) is 70.5 Å². The third kappa shape index (κ3) is 5.36. The van der Waals surface area contributed by atoms with E-state index in [1.807, 2.05) is 24.3 Å². The monoisotopic (exact) mass is 454 g/mol. The van der Waals surface area contributed by atoms with Crippen molar-refractivity contribution in [1.82, 2.24) is 9.97 Å². The fourth-order valence-electron chi connectivity index (χ4n) is 2.75. The van der Waals surface area contributed by atoms with Crippen LogP contribution in [0.2, 0.25) is 0 Å². The van der Waals surface area contributed by atoms with Crippen molar-refractivity contribution in [1.29, 1.82) is 0 Å². The van der Waals surface area contributed by atoms with Crippen LogP contribution in [0.1, 0.15) is 52.7 Å². The summed E-state index contributed by atoms with van der Waals surface area (Å²) in [4.78, 5) is 8.47. The van der Waals surface area contributed by atoms with E-state index >= 15 is 0 Å². The molecule has 0 bridgehead atoms. The first-order chi connectivity index (χ1) is 13.5. The van der Waals surface area contributed by atoms with Crippen LogP contribution < -0.4 is 9.47 Å². The van der Waals surface area contributed by atoms with Crippen LogP contribution >= 0.6 is 15.9 Å². The van der Waals surface area contributed by atoms with Crippen molar-refractivity contribution in [2.75, 3.05) is 0 Å². The second kappa shape index (κ2) is 8.15. The number of hydrogen-bond acceptors (Lipinski definition) is 4. The molecule has 1 heterocycles. The minimum Gasteiger partial charge on any atom is -0.438 e. The zero-order valence-corrected chi connectivity index (χ0v) is 19.4. The third-order valence-corrected chi connectivity index (χ3v) is 5.27. The molecule has 0 aliphatic carbocycles. The zero-order chi connectivity index (χ0) is 21.2. The molecule has 0 unspecified atom stereocenters. The highest BCUT2D eigenvalue weighted by Crippen LogP contribution is 2.36. The molecule has 4 nitrogen and oxygen atoms in total. The van der Waals surface area contributed by atoms with E-state index in [1.54, 1.807) is 0 Å². The van der Waals surface area contributed by atoms with Crippen LogP contribution in [0.15, 0.2) is 59.3 Å². The van der Waals surface area contributed by atoms with Crippen LogP contribution in [0, 0.1) is 0 Å². The molecule has 0 spiro atoms. The molecular formula is C24H27BrN2O2. The first-order valence-corrected chi connectivity index (χ1v) is 10.4. The maximum Gasteiger partial charge on any atom is 0.240 e. The van der Waals surface area contributed by atoms with Crippen molar-refractivity contribution in [3.63, 3.8) is 0 Å². The van der Waals surface area contributed by atoms with Gasteiger partial charge in [-0.1, -0.05) is 65.8 Å². The summed E-state index contributed by atoms with van der Waals surface area (Å²) < 4.78 is 12.5. The van der Waals surface area contributed by atoms with Gasteiger partial charge in [0, 0.05) is 0 Å². The first-order valence-electron chi connectivity index (χ1n) is 9.61.